The van der Waals surface area contributed by atoms with Gasteiger partial charge in [0.05, 0.1) is 17.4 Å². The van der Waals surface area contributed by atoms with E-state index in [1.54, 1.807) is 29.0 Å². The Morgan fingerprint density at radius 2 is 1.72 bits per heavy atom. The lowest BCUT2D eigenvalue weighted by atomic mass is 9.81. The number of carbonyl (C=O) groups excluding carboxylic acids is 1. The molecular formula is C26H23F3N6O. The summed E-state index contributed by atoms with van der Waals surface area (Å²) < 4.78 is 45.0. The first kappa shape index (κ1) is 22.5. The summed E-state index contributed by atoms with van der Waals surface area (Å²) in [7, 11) is 1.70. The van der Waals surface area contributed by atoms with Gasteiger partial charge < -0.3 is 4.90 Å². The summed E-state index contributed by atoms with van der Waals surface area (Å²) in [5, 5.41) is 12.4. The van der Waals surface area contributed by atoms with Gasteiger partial charge in [-0.1, -0.05) is 0 Å². The molecule has 184 valence electrons. The molecule has 2 bridgehead atoms. The van der Waals surface area contributed by atoms with Gasteiger partial charge in [0.2, 0.25) is 0 Å². The van der Waals surface area contributed by atoms with Gasteiger partial charge in [-0.15, -0.1) is 10.2 Å². The van der Waals surface area contributed by atoms with Gasteiger partial charge in [-0.25, -0.2) is 13.2 Å². The Kier molecular flexibility index (Phi) is 5.20. The maximum Gasteiger partial charge on any atom is 0.254 e. The third kappa shape index (κ3) is 3.51. The normalized spacial score (nSPS) is 18.9. The summed E-state index contributed by atoms with van der Waals surface area (Å²) in [6.45, 7) is 1.94. The minimum atomic E-state index is -1.49. The number of fused-ring (bicyclic) bond motifs is 4. The van der Waals surface area contributed by atoms with Crippen LogP contribution in [0.4, 0.5) is 13.2 Å². The number of amides is 1. The third-order valence-electron chi connectivity index (χ3n) is 7.19. The summed E-state index contributed by atoms with van der Waals surface area (Å²) in [4.78, 5) is 15.8. The fourth-order valence-corrected chi connectivity index (χ4v) is 5.72. The van der Waals surface area contributed by atoms with E-state index in [9.17, 15) is 18.0 Å². The fraction of sp³-hybridized carbons (Fsp3) is 0.308. The van der Waals surface area contributed by atoms with Crippen molar-refractivity contribution in [3.63, 3.8) is 0 Å². The average molecular weight is 493 g/mol. The number of carbonyl (C=O) groups is 1. The molecule has 0 N–H and O–H groups in total. The number of nitrogens with zero attached hydrogens (tertiary/aromatic N) is 6. The minimum Gasteiger partial charge on any atom is -0.327 e. The van der Waals surface area contributed by atoms with Crippen LogP contribution in [0.2, 0.25) is 0 Å². The molecule has 2 atom stereocenters. The molecule has 4 aromatic rings. The van der Waals surface area contributed by atoms with E-state index in [4.69, 9.17) is 5.10 Å². The zero-order valence-corrected chi connectivity index (χ0v) is 19.8. The summed E-state index contributed by atoms with van der Waals surface area (Å²) in [6, 6.07) is 7.33. The lowest BCUT2D eigenvalue weighted by Crippen LogP contribution is -2.49. The Balaban J connectivity index is 1.41. The molecule has 2 aromatic carbocycles. The first-order valence-electron chi connectivity index (χ1n) is 11.8. The largest absolute Gasteiger partial charge is 0.327 e. The standard InChI is InChI=1S/C26H23F3N6O/c1-14-6-16(8-18(7-14)34-12-30-31-13-34)26(36)35-17-4-3-5-22(35)24-19(11-17)25(33(2)32-24)15-9-20(27)23(29)21(28)10-15/h6-10,12-13,17,22H,3-5,11H2,1-2H3/t17-,22+/m0/s1. The van der Waals surface area contributed by atoms with Crippen molar-refractivity contribution in [2.24, 2.45) is 7.05 Å². The van der Waals surface area contributed by atoms with Crippen molar-refractivity contribution in [3.8, 4) is 16.9 Å². The predicted molar refractivity (Wildman–Crippen MR) is 125 cm³/mol. The molecule has 4 heterocycles. The van der Waals surface area contributed by atoms with E-state index in [0.717, 1.165) is 53.9 Å². The zero-order chi connectivity index (χ0) is 25.1. The van der Waals surface area contributed by atoms with E-state index in [-0.39, 0.29) is 23.6 Å². The quantitative estimate of drug-likeness (QED) is 0.390. The molecule has 2 aliphatic rings. The van der Waals surface area contributed by atoms with Crippen molar-refractivity contribution in [2.45, 2.75) is 44.7 Å². The molecule has 1 amide bonds. The second-order valence-corrected chi connectivity index (χ2v) is 9.53. The van der Waals surface area contributed by atoms with Crippen LogP contribution in [0.5, 0.6) is 0 Å². The molecule has 1 fully saturated rings. The molecular weight excluding hydrogens is 469 g/mol. The minimum absolute atomic E-state index is 0.0827. The Bertz CT molecular complexity index is 1470. The number of hydrogen-bond donors (Lipinski definition) is 0. The predicted octanol–water partition coefficient (Wildman–Crippen LogP) is 4.69. The van der Waals surface area contributed by atoms with E-state index in [0.29, 0.717) is 17.7 Å². The van der Waals surface area contributed by atoms with Crippen LogP contribution in [0, 0.1) is 24.4 Å². The molecule has 2 aromatic heterocycles. The highest BCUT2D eigenvalue weighted by Gasteiger charge is 2.43. The second kappa shape index (κ2) is 8.32. The number of benzene rings is 2. The van der Waals surface area contributed by atoms with Crippen LogP contribution >= 0.6 is 0 Å². The number of piperidine rings is 1. The molecule has 0 spiro atoms. The monoisotopic (exact) mass is 492 g/mol. The van der Waals surface area contributed by atoms with Gasteiger partial charge in [0.1, 0.15) is 12.7 Å². The van der Waals surface area contributed by atoms with Crippen LogP contribution in [-0.4, -0.2) is 41.4 Å². The average Bonchev–Trinajstić information content (AvgIpc) is 3.49. The molecule has 2 aliphatic heterocycles. The number of halogens is 3. The highest BCUT2D eigenvalue weighted by atomic mass is 19.2. The Morgan fingerprint density at radius 3 is 2.44 bits per heavy atom. The van der Waals surface area contributed by atoms with Crippen LogP contribution < -0.4 is 0 Å². The van der Waals surface area contributed by atoms with Crippen LogP contribution in [0.3, 0.4) is 0 Å². The van der Waals surface area contributed by atoms with Gasteiger partial charge in [0.15, 0.2) is 17.5 Å². The van der Waals surface area contributed by atoms with E-state index in [2.05, 4.69) is 10.2 Å². The number of rotatable bonds is 3. The Labute approximate surface area is 205 Å². The van der Waals surface area contributed by atoms with Crippen molar-refractivity contribution in [1.82, 2.24) is 29.4 Å². The molecule has 6 rings (SSSR count). The maximum atomic E-state index is 14.0. The van der Waals surface area contributed by atoms with Crippen molar-refractivity contribution in [2.75, 3.05) is 0 Å². The van der Waals surface area contributed by atoms with Crippen LogP contribution in [0.25, 0.3) is 16.9 Å². The first-order chi connectivity index (χ1) is 17.3. The fourth-order valence-electron chi connectivity index (χ4n) is 5.72. The molecule has 0 saturated carbocycles. The third-order valence-corrected chi connectivity index (χ3v) is 7.19. The van der Waals surface area contributed by atoms with Crippen molar-refractivity contribution in [1.29, 1.82) is 0 Å². The lowest BCUT2D eigenvalue weighted by molar-refractivity contribution is 0.0391. The van der Waals surface area contributed by atoms with Crippen molar-refractivity contribution in [3.05, 3.63) is 82.8 Å². The molecule has 0 unspecified atom stereocenters. The van der Waals surface area contributed by atoms with Crippen LogP contribution in [0.1, 0.15) is 52.5 Å². The van der Waals surface area contributed by atoms with Crippen LogP contribution in [-0.2, 0) is 13.5 Å². The van der Waals surface area contributed by atoms with E-state index in [1.165, 1.54) is 0 Å². The molecule has 1 saturated heterocycles. The topological polar surface area (TPSA) is 68.8 Å². The second-order valence-electron chi connectivity index (χ2n) is 9.53. The van der Waals surface area contributed by atoms with E-state index in [1.807, 2.05) is 30.0 Å². The van der Waals surface area contributed by atoms with Gasteiger partial charge in [-0.3, -0.25) is 14.0 Å². The summed E-state index contributed by atoms with van der Waals surface area (Å²) in [6.07, 6.45) is 6.17. The van der Waals surface area contributed by atoms with Crippen molar-refractivity contribution >= 4 is 5.91 Å². The van der Waals surface area contributed by atoms with Gasteiger partial charge in [0, 0.05) is 35.5 Å². The number of aromatic nitrogens is 5. The highest BCUT2D eigenvalue weighted by molar-refractivity contribution is 5.96. The number of hydrogen-bond acceptors (Lipinski definition) is 4. The van der Waals surface area contributed by atoms with E-state index < -0.39 is 17.5 Å². The molecule has 0 aliphatic carbocycles. The molecule has 36 heavy (non-hydrogen) atoms. The number of aryl methyl sites for hydroxylation is 2. The molecule has 0 radical (unpaired) electrons. The first-order valence-corrected chi connectivity index (χ1v) is 11.8. The lowest BCUT2D eigenvalue weighted by Gasteiger charge is -2.45. The summed E-state index contributed by atoms with van der Waals surface area (Å²) in [5.41, 5.74) is 4.68. The van der Waals surface area contributed by atoms with Gasteiger partial charge in [0.25, 0.3) is 5.91 Å². The highest BCUT2D eigenvalue weighted by Crippen LogP contribution is 2.45. The Hall–Kier alpha value is -3.95. The zero-order valence-electron chi connectivity index (χ0n) is 19.8. The molecule has 7 nitrogen and oxygen atoms in total. The Morgan fingerprint density at radius 1 is 1.00 bits per heavy atom. The summed E-state index contributed by atoms with van der Waals surface area (Å²) in [5.74, 6) is -4.06. The van der Waals surface area contributed by atoms with Crippen molar-refractivity contribution < 1.29 is 18.0 Å². The summed E-state index contributed by atoms with van der Waals surface area (Å²) >= 11 is 0. The van der Waals surface area contributed by atoms with Gasteiger partial charge in [-0.2, -0.15) is 5.10 Å². The SMILES string of the molecule is Cc1cc(C(=O)N2[C@H]3CCC[C@@H]2c2nn(C)c(-c4cc(F)c(F)c(F)c4)c2C3)cc(-n2cnnc2)c1. The van der Waals surface area contributed by atoms with Crippen LogP contribution in [0.15, 0.2) is 43.0 Å². The van der Waals surface area contributed by atoms with Gasteiger partial charge >= 0.3 is 0 Å². The maximum absolute atomic E-state index is 14.0. The van der Waals surface area contributed by atoms with Gasteiger partial charge in [-0.05, 0) is 68.5 Å². The smallest absolute Gasteiger partial charge is 0.254 e. The van der Waals surface area contributed by atoms with E-state index >= 15 is 0 Å². The molecule has 10 heteroatoms.